The van der Waals surface area contributed by atoms with E-state index in [1.807, 2.05) is 0 Å². The molecule has 0 nitrogen and oxygen atoms in total. The first kappa shape index (κ1) is 23.0. The van der Waals surface area contributed by atoms with Gasteiger partial charge in [0.15, 0.2) is 0 Å². The summed E-state index contributed by atoms with van der Waals surface area (Å²) < 4.78 is 0. The molecule has 0 saturated heterocycles. The molecule has 0 N–H and O–H groups in total. The van der Waals surface area contributed by atoms with Gasteiger partial charge in [0, 0.05) is 0 Å². The molecule has 3 aromatic carbocycles. The van der Waals surface area contributed by atoms with Crippen molar-refractivity contribution in [2.45, 2.75) is 40.5 Å². The molecule has 3 aromatic rings. The first-order valence-electron chi connectivity index (χ1n) is 10.8. The van der Waals surface area contributed by atoms with Gasteiger partial charge in [-0.05, 0) is 0 Å². The van der Waals surface area contributed by atoms with Crippen LogP contribution in [0, 0.1) is 5.41 Å². The zero-order chi connectivity index (χ0) is 21.7. The minimum absolute atomic E-state index is 0.354. The van der Waals surface area contributed by atoms with Gasteiger partial charge in [-0.2, -0.15) is 0 Å². The van der Waals surface area contributed by atoms with Crippen molar-refractivity contribution < 1.29 is 0 Å². The molecule has 0 unspecified atom stereocenters. The standard InChI is InChI=1S/C28H34BrP/c1-24(20-22-28(2,3)4)21-23-30(29,25-14-8-5-9-15-25,26-16-10-6-11-17-26)27-18-12-7-13-19-27/h5-19,21H,20,22-23H2,1-4H3. The van der Waals surface area contributed by atoms with Crippen molar-refractivity contribution in [3.63, 3.8) is 0 Å². The second-order valence-electron chi connectivity index (χ2n) is 9.48. The first-order valence-corrected chi connectivity index (χ1v) is 15.2. The summed E-state index contributed by atoms with van der Waals surface area (Å²) in [6.07, 6.45) is 5.81. The van der Waals surface area contributed by atoms with Gasteiger partial charge in [0.05, 0.1) is 0 Å². The topological polar surface area (TPSA) is 0 Å². The van der Waals surface area contributed by atoms with E-state index in [4.69, 9.17) is 0 Å². The van der Waals surface area contributed by atoms with E-state index in [2.05, 4.69) is 140 Å². The van der Waals surface area contributed by atoms with E-state index in [9.17, 15) is 0 Å². The first-order chi connectivity index (χ1) is 14.2. The van der Waals surface area contributed by atoms with E-state index >= 15 is 0 Å². The Hall–Kier alpha value is -1.69. The van der Waals surface area contributed by atoms with Crippen LogP contribution in [0.2, 0.25) is 0 Å². The summed E-state index contributed by atoms with van der Waals surface area (Å²) in [6.45, 7) is 9.26. The monoisotopic (exact) mass is 480 g/mol. The number of rotatable bonds is 7. The van der Waals surface area contributed by atoms with E-state index in [0.29, 0.717) is 5.41 Å². The van der Waals surface area contributed by atoms with E-state index < -0.39 is 5.31 Å². The second-order valence-corrected chi connectivity index (χ2v) is 18.5. The summed E-state index contributed by atoms with van der Waals surface area (Å²) in [5.41, 5.74) is 1.83. The summed E-state index contributed by atoms with van der Waals surface area (Å²) in [5, 5.41) is 1.29. The fourth-order valence-corrected chi connectivity index (χ4v) is 11.1. The number of hydrogen-bond acceptors (Lipinski definition) is 0. The van der Waals surface area contributed by atoms with Gasteiger partial charge in [0.2, 0.25) is 0 Å². The molecule has 0 radical (unpaired) electrons. The third-order valence-corrected chi connectivity index (χ3v) is 15.5. The Morgan fingerprint density at radius 2 is 1.10 bits per heavy atom. The fourth-order valence-electron chi connectivity index (χ4n) is 3.98. The van der Waals surface area contributed by atoms with Gasteiger partial charge in [-0.25, -0.2) is 0 Å². The van der Waals surface area contributed by atoms with E-state index in [-0.39, 0.29) is 0 Å². The average Bonchev–Trinajstić information content (AvgIpc) is 2.77. The third-order valence-electron chi connectivity index (χ3n) is 5.94. The number of hydrogen-bond donors (Lipinski definition) is 0. The van der Waals surface area contributed by atoms with E-state index in [1.54, 1.807) is 0 Å². The second kappa shape index (κ2) is 9.21. The van der Waals surface area contributed by atoms with Gasteiger partial charge < -0.3 is 0 Å². The molecule has 0 aliphatic heterocycles. The number of benzene rings is 3. The van der Waals surface area contributed by atoms with Crippen LogP contribution >= 0.6 is 20.8 Å². The van der Waals surface area contributed by atoms with Gasteiger partial charge >= 0.3 is 191 Å². The maximum atomic E-state index is 4.52. The molecule has 3 rings (SSSR count). The van der Waals surface area contributed by atoms with Crippen molar-refractivity contribution in [3.05, 3.63) is 103 Å². The number of allylic oxidation sites excluding steroid dienone is 2. The van der Waals surface area contributed by atoms with Crippen molar-refractivity contribution in [1.82, 2.24) is 0 Å². The molecule has 0 heterocycles. The van der Waals surface area contributed by atoms with Crippen LogP contribution in [0.5, 0.6) is 0 Å². The van der Waals surface area contributed by atoms with E-state index in [0.717, 1.165) is 12.6 Å². The summed E-state index contributed by atoms with van der Waals surface area (Å²) >= 11 is 4.52. The molecule has 0 atom stereocenters. The summed E-state index contributed by atoms with van der Waals surface area (Å²) in [4.78, 5) is 0. The fraction of sp³-hybridized carbons (Fsp3) is 0.286. The van der Waals surface area contributed by atoms with Gasteiger partial charge in [0.25, 0.3) is 0 Å². The molecule has 0 saturated carbocycles. The molecule has 30 heavy (non-hydrogen) atoms. The minimum atomic E-state index is -2.84. The maximum absolute atomic E-state index is 4.52. The van der Waals surface area contributed by atoms with Gasteiger partial charge in [-0.1, -0.05) is 0 Å². The Balaban J connectivity index is 2.20. The molecular formula is C28H34BrP. The van der Waals surface area contributed by atoms with Crippen molar-refractivity contribution in [2.24, 2.45) is 5.41 Å². The Morgan fingerprint density at radius 1 is 0.733 bits per heavy atom. The Morgan fingerprint density at radius 3 is 1.43 bits per heavy atom. The van der Waals surface area contributed by atoms with Crippen LogP contribution in [0.25, 0.3) is 0 Å². The van der Waals surface area contributed by atoms with Crippen LogP contribution in [-0.2, 0) is 0 Å². The normalized spacial score (nSPS) is 14.2. The summed E-state index contributed by atoms with van der Waals surface area (Å²) in [7, 11) is 0. The molecule has 0 spiro atoms. The van der Waals surface area contributed by atoms with Gasteiger partial charge in [-0.15, -0.1) is 0 Å². The van der Waals surface area contributed by atoms with Crippen molar-refractivity contribution in [2.75, 3.05) is 6.16 Å². The molecule has 0 aliphatic carbocycles. The summed E-state index contributed by atoms with van der Waals surface area (Å²) in [6, 6.07) is 33.1. The Labute approximate surface area is 191 Å². The third kappa shape index (κ3) is 4.79. The van der Waals surface area contributed by atoms with Crippen LogP contribution in [-0.4, -0.2) is 6.16 Å². The summed E-state index contributed by atoms with van der Waals surface area (Å²) in [5.74, 6) is 0. The van der Waals surface area contributed by atoms with E-state index in [1.165, 1.54) is 27.9 Å². The molecule has 2 heteroatoms. The van der Waals surface area contributed by atoms with Gasteiger partial charge in [-0.3, -0.25) is 0 Å². The predicted octanol–water partition coefficient (Wildman–Crippen LogP) is 7.60. The zero-order valence-electron chi connectivity index (χ0n) is 18.7. The van der Waals surface area contributed by atoms with Crippen LogP contribution in [0.15, 0.2) is 103 Å². The molecule has 0 aliphatic rings. The molecular weight excluding hydrogens is 447 g/mol. The Bertz CT molecular complexity index is 870. The number of halogens is 1. The van der Waals surface area contributed by atoms with Gasteiger partial charge in [0.1, 0.15) is 0 Å². The molecule has 0 fully saturated rings. The van der Waals surface area contributed by atoms with Crippen LogP contribution in [0.3, 0.4) is 0 Å². The SMILES string of the molecule is CC(=CCP(Br)(c1ccccc1)(c1ccccc1)c1ccccc1)CCC(C)(C)C. The Kier molecular flexibility index (Phi) is 7.05. The van der Waals surface area contributed by atoms with Crippen LogP contribution < -0.4 is 15.9 Å². The molecule has 0 aromatic heterocycles. The van der Waals surface area contributed by atoms with Crippen LogP contribution in [0.1, 0.15) is 40.5 Å². The molecule has 0 amide bonds. The van der Waals surface area contributed by atoms with Crippen LogP contribution in [0.4, 0.5) is 0 Å². The van der Waals surface area contributed by atoms with Crippen molar-refractivity contribution in [1.29, 1.82) is 0 Å². The molecule has 0 bridgehead atoms. The van der Waals surface area contributed by atoms with Crippen molar-refractivity contribution in [3.8, 4) is 0 Å². The van der Waals surface area contributed by atoms with Crippen molar-refractivity contribution >= 4 is 36.7 Å². The molecule has 158 valence electrons. The predicted molar refractivity (Wildman–Crippen MR) is 141 cm³/mol. The average molecular weight is 481 g/mol. The quantitative estimate of drug-likeness (QED) is 0.241. The zero-order valence-corrected chi connectivity index (χ0v) is 21.2.